The van der Waals surface area contributed by atoms with Gasteiger partial charge in [0.25, 0.3) is 22.2 Å². The number of ether oxygens (including phenoxy) is 2. The number of nitrogen functional groups attached to an aromatic ring is 1. The number of aromatic nitrogens is 8. The average Bonchev–Trinajstić information content (AvgIpc) is 4.43. The van der Waals surface area contributed by atoms with Gasteiger partial charge in [0.05, 0.1) is 55.6 Å². The molecule has 2 saturated heterocycles. The molecule has 0 spiro atoms. The van der Waals surface area contributed by atoms with Gasteiger partial charge in [0.2, 0.25) is 11.9 Å². The van der Waals surface area contributed by atoms with Gasteiger partial charge in [0.15, 0.2) is 22.0 Å². The number of aliphatic hydroxyl groups is 2. The van der Waals surface area contributed by atoms with Crippen LogP contribution in [-0.2, 0) is 18.3 Å². The van der Waals surface area contributed by atoms with E-state index in [1.54, 1.807) is 28.5 Å². The molecule has 6 heterocycles. The standard InChI is InChI=1S/C31H38N6O4Si.C28H32ClN5O3Si/c1-31(2,3)42(20-12-8-6-9-13-20,21-14-10-7-11-15-21)41-24-17-23(38)27-22(24)16-25(40-27)37-19-32-26-28(37)34-30(35-29(26)39)33-18-36(4)5;1-28(2,3)38(17-10-6-4-7-11-17,18-12-8-5-9-13-18)37-21-15-20(35)24-19(21)14-22(36-24)34-16-31-23-25(29)32-27(30)33-26(23)34/h6-15,18-19,22-25,27,38H,16-17H2,1-5H3,(H,34,35,39);4-13,16,19-22,24,35H,14-15H2,1-3H3,(H2,30,32,33)/t22-,23+,24+,25+,27-;19-,20+,21+,22+,24-/m00/s1. The third-order valence-corrected chi connectivity index (χ3v) is 26.8. The molecule has 4 aromatic heterocycles. The predicted molar refractivity (Wildman–Crippen MR) is 315 cm³/mol. The predicted octanol–water partition coefficient (Wildman–Crippen LogP) is 6.63. The van der Waals surface area contributed by atoms with Crippen molar-refractivity contribution in [1.29, 1.82) is 0 Å². The minimum Gasteiger partial charge on any atom is -0.404 e. The lowest BCUT2D eigenvalue weighted by Crippen LogP contribution is -2.68. The van der Waals surface area contributed by atoms with E-state index in [-0.39, 0.29) is 74.6 Å². The number of rotatable bonds is 12. The molecule has 0 radical (unpaired) electrons. The molecule has 2 saturated carbocycles. The smallest absolute Gasteiger partial charge is 0.280 e. The normalized spacial score (nSPS) is 25.0. The number of aliphatic hydroxyl groups excluding tert-OH is 2. The van der Waals surface area contributed by atoms with Crippen molar-refractivity contribution < 1.29 is 28.5 Å². The number of nitrogens with one attached hydrogen (secondary N) is 1. The molecule has 80 heavy (non-hydrogen) atoms. The quantitative estimate of drug-likeness (QED) is 0.0436. The highest BCUT2D eigenvalue weighted by Crippen LogP contribution is 2.50. The zero-order valence-corrected chi connectivity index (χ0v) is 49.1. The van der Waals surface area contributed by atoms with E-state index in [0.717, 1.165) is 0 Å². The van der Waals surface area contributed by atoms with Crippen LogP contribution in [0.5, 0.6) is 0 Å². The number of nitrogens with two attached hydrogens (primary N) is 1. The van der Waals surface area contributed by atoms with Crippen LogP contribution in [0.2, 0.25) is 15.2 Å². The molecule has 4 fully saturated rings. The molecule has 2 aliphatic carbocycles. The molecular weight excluding hydrogens is 1070 g/mol. The summed E-state index contributed by atoms with van der Waals surface area (Å²) in [6.45, 7) is 13.6. The molecule has 0 bridgehead atoms. The Bertz CT molecular complexity index is 3470. The Balaban J connectivity index is 0.000000170. The number of nitrogens with zero attached hydrogens (tertiary/aromatic N) is 9. The van der Waals surface area contributed by atoms with Crippen LogP contribution < -0.4 is 32.0 Å². The Morgan fingerprint density at radius 2 is 1.05 bits per heavy atom. The summed E-state index contributed by atoms with van der Waals surface area (Å²) in [5.41, 5.74) is 7.11. The number of H-pyrrole nitrogens is 1. The van der Waals surface area contributed by atoms with E-state index in [4.69, 9.17) is 35.7 Å². The Hall–Kier alpha value is -6.47. The number of hydrogen-bond acceptors (Lipinski definition) is 14. The maximum absolute atomic E-state index is 12.7. The van der Waals surface area contributed by atoms with Crippen molar-refractivity contribution in [2.75, 3.05) is 19.8 Å². The van der Waals surface area contributed by atoms with Crippen LogP contribution in [0.3, 0.4) is 0 Å². The number of fused-ring (bicyclic) bond motifs is 4. The Morgan fingerprint density at radius 3 is 1.45 bits per heavy atom. The largest absolute Gasteiger partial charge is 0.404 e. The Kier molecular flexibility index (Phi) is 15.1. The van der Waals surface area contributed by atoms with Gasteiger partial charge in [-0.05, 0) is 30.8 Å². The molecule has 5 N–H and O–H groups in total. The van der Waals surface area contributed by atoms with Crippen LogP contribution in [0, 0.1) is 11.8 Å². The number of aliphatic imine (C=N–C) groups is 1. The number of benzene rings is 4. The molecular formula is C59H70ClN11O7Si2. The van der Waals surface area contributed by atoms with Crippen molar-refractivity contribution in [1.82, 2.24) is 43.9 Å². The number of hydrogen-bond donors (Lipinski definition) is 4. The van der Waals surface area contributed by atoms with Crippen LogP contribution in [0.25, 0.3) is 22.3 Å². The topological polar surface area (TPSA) is 226 Å². The highest BCUT2D eigenvalue weighted by molar-refractivity contribution is 7.00. The van der Waals surface area contributed by atoms with Gasteiger partial charge in [-0.1, -0.05) is 174 Å². The fourth-order valence-electron chi connectivity index (χ4n) is 12.9. The maximum Gasteiger partial charge on any atom is 0.280 e. The summed E-state index contributed by atoms with van der Waals surface area (Å²) < 4.78 is 31.4. The highest BCUT2D eigenvalue weighted by atomic mass is 35.5. The zero-order chi connectivity index (χ0) is 56.3. The summed E-state index contributed by atoms with van der Waals surface area (Å²) in [5.74, 6) is 0.227. The van der Waals surface area contributed by atoms with Crippen molar-refractivity contribution in [3.05, 3.63) is 149 Å². The summed E-state index contributed by atoms with van der Waals surface area (Å²) in [5, 5.41) is 27.1. The van der Waals surface area contributed by atoms with Gasteiger partial charge in [-0.2, -0.15) is 15.0 Å². The van der Waals surface area contributed by atoms with Crippen molar-refractivity contribution in [2.24, 2.45) is 16.8 Å². The van der Waals surface area contributed by atoms with E-state index < -0.39 is 41.2 Å². The van der Waals surface area contributed by atoms with Gasteiger partial charge in [0, 0.05) is 51.6 Å². The minimum atomic E-state index is -2.83. The molecule has 8 aromatic rings. The van der Waals surface area contributed by atoms with E-state index in [1.165, 1.54) is 20.7 Å². The van der Waals surface area contributed by atoms with E-state index >= 15 is 0 Å². The van der Waals surface area contributed by atoms with Crippen molar-refractivity contribution in [3.63, 3.8) is 0 Å². The molecule has 418 valence electrons. The van der Waals surface area contributed by atoms with Gasteiger partial charge in [-0.15, -0.1) is 0 Å². The summed E-state index contributed by atoms with van der Waals surface area (Å²) in [7, 11) is -1.94. The average molecular weight is 1140 g/mol. The number of imidazole rings is 2. The SMILES string of the molecule is CC(C)(C)[Si](O[C@@H]1C[C@@H](O)[C@H]2O[C@@H](n3cnc4c(Cl)nc(N)nc43)C[C@H]21)(c1ccccc1)c1ccccc1.CN(C)C=Nc1nc2c(ncn2[C@H]2C[C@@H]3[C@H](O2)[C@H](O)C[C@H]3O[Si](c2ccccc2)(c2ccccc2)C(C)(C)C)c(=O)[nH]1. The minimum absolute atomic E-state index is 0.00348. The summed E-state index contributed by atoms with van der Waals surface area (Å²) in [6.07, 6.45) is 3.81. The van der Waals surface area contributed by atoms with Crippen LogP contribution >= 0.6 is 11.6 Å². The van der Waals surface area contributed by atoms with Gasteiger partial charge in [0.1, 0.15) is 18.0 Å². The molecule has 21 heteroatoms. The lowest BCUT2D eigenvalue weighted by atomic mass is 10.0. The first-order valence-electron chi connectivity index (χ1n) is 27.3. The first-order chi connectivity index (χ1) is 38.3. The summed E-state index contributed by atoms with van der Waals surface area (Å²) in [6, 6.07) is 42.2. The van der Waals surface area contributed by atoms with Crippen LogP contribution in [0.4, 0.5) is 11.9 Å². The second-order valence-electron chi connectivity index (χ2n) is 23.8. The molecule has 0 amide bonds. The molecule has 12 rings (SSSR count). The fraction of sp³-hybridized carbons (Fsp3) is 0.407. The van der Waals surface area contributed by atoms with Crippen LogP contribution in [0.15, 0.2) is 144 Å². The van der Waals surface area contributed by atoms with E-state index in [9.17, 15) is 15.0 Å². The van der Waals surface area contributed by atoms with Crippen molar-refractivity contribution in [2.45, 2.75) is 126 Å². The van der Waals surface area contributed by atoms with Crippen molar-refractivity contribution >= 4 is 89.5 Å². The van der Waals surface area contributed by atoms with Gasteiger partial charge >= 0.3 is 0 Å². The number of aromatic amines is 1. The van der Waals surface area contributed by atoms with Crippen LogP contribution in [-0.4, -0.2) is 128 Å². The van der Waals surface area contributed by atoms with E-state index in [0.29, 0.717) is 42.5 Å². The second kappa shape index (κ2) is 21.8. The molecule has 0 unspecified atom stereocenters. The van der Waals surface area contributed by atoms with Crippen LogP contribution in [0.1, 0.15) is 79.7 Å². The van der Waals surface area contributed by atoms with E-state index in [2.05, 4.69) is 174 Å². The molecule has 4 aliphatic rings. The molecule has 2 aliphatic heterocycles. The Labute approximate surface area is 472 Å². The second-order valence-corrected chi connectivity index (χ2v) is 32.6. The summed E-state index contributed by atoms with van der Waals surface area (Å²) >= 11 is 6.25. The lowest BCUT2D eigenvalue weighted by molar-refractivity contribution is -0.0525. The van der Waals surface area contributed by atoms with Gasteiger partial charge in [-0.25, -0.2) is 15.0 Å². The highest BCUT2D eigenvalue weighted by Gasteiger charge is 2.59. The maximum atomic E-state index is 12.7. The lowest BCUT2D eigenvalue weighted by Gasteiger charge is -2.45. The van der Waals surface area contributed by atoms with E-state index in [1.807, 2.05) is 42.9 Å². The third kappa shape index (κ3) is 10.0. The fourth-order valence-corrected chi connectivity index (χ4v) is 22.6. The first kappa shape index (κ1) is 55.4. The molecule has 18 nitrogen and oxygen atoms in total. The van der Waals surface area contributed by atoms with Gasteiger partial charge < -0.3 is 39.2 Å². The third-order valence-electron chi connectivity index (χ3n) is 16.4. The molecule has 4 aromatic carbocycles. The first-order valence-corrected chi connectivity index (χ1v) is 31.5. The number of anilines is 1. The van der Waals surface area contributed by atoms with Crippen molar-refractivity contribution in [3.8, 4) is 0 Å². The number of halogens is 1. The Morgan fingerprint density at radius 1 is 0.650 bits per heavy atom. The zero-order valence-electron chi connectivity index (χ0n) is 46.3. The summed E-state index contributed by atoms with van der Waals surface area (Å²) in [4.78, 5) is 43.1. The van der Waals surface area contributed by atoms with Gasteiger partial charge in [-0.3, -0.25) is 18.9 Å². The molecule has 10 atom stereocenters. The monoisotopic (exact) mass is 1140 g/mol.